The largest absolute Gasteiger partial charge is 0.496 e. The zero-order chi connectivity index (χ0) is 33.0. The summed E-state index contributed by atoms with van der Waals surface area (Å²) in [5.74, 6) is -0.0804. The van der Waals surface area contributed by atoms with Crippen LogP contribution >= 0.6 is 0 Å². The lowest BCUT2D eigenvalue weighted by Gasteiger charge is -2.21. The van der Waals surface area contributed by atoms with Crippen LogP contribution in [-0.4, -0.2) is 64.8 Å². The van der Waals surface area contributed by atoms with Crippen molar-refractivity contribution in [2.75, 3.05) is 39.6 Å². The summed E-state index contributed by atoms with van der Waals surface area (Å²) in [5.41, 5.74) is 3.14. The fraction of sp³-hybridized carbons (Fsp3) is 0.310. The van der Waals surface area contributed by atoms with Crippen molar-refractivity contribution in [1.82, 2.24) is 0 Å². The van der Waals surface area contributed by atoms with Gasteiger partial charge in [-0.1, -0.05) is 23.8 Å². The molecule has 0 spiro atoms. The van der Waals surface area contributed by atoms with Crippen molar-refractivity contribution in [3.05, 3.63) is 59.7 Å². The summed E-state index contributed by atoms with van der Waals surface area (Å²) in [6.45, 7) is 5.88. The molecule has 240 valence electrons. The van der Waals surface area contributed by atoms with Gasteiger partial charge in [0.05, 0.1) is 38.6 Å². The Morgan fingerprint density at radius 3 is 1.68 bits per heavy atom. The van der Waals surface area contributed by atoms with Crippen molar-refractivity contribution in [3.8, 4) is 56.8 Å². The Morgan fingerprint density at radius 1 is 0.614 bits per heavy atom. The van der Waals surface area contributed by atoms with Crippen LogP contribution in [0, 0.1) is 0 Å². The Balaban J connectivity index is 2.31. The quantitative estimate of drug-likeness (QED) is 0.181. The highest BCUT2D eigenvalue weighted by atomic mass is 32.2. The molecule has 0 aromatic heterocycles. The molecule has 0 atom stereocenters. The Labute approximate surface area is 258 Å². The van der Waals surface area contributed by atoms with Gasteiger partial charge in [0.25, 0.3) is 0 Å². The van der Waals surface area contributed by atoms with Crippen LogP contribution in [-0.2, 0) is 30.4 Å². The van der Waals surface area contributed by atoms with E-state index in [1.807, 2.05) is 20.8 Å². The minimum atomic E-state index is -4.14. The summed E-state index contributed by atoms with van der Waals surface area (Å²) >= 11 is 0. The molecule has 0 fully saturated rings. The number of hydrogen-bond acceptors (Lipinski definition) is 12. The molecule has 0 saturated carbocycles. The summed E-state index contributed by atoms with van der Waals surface area (Å²) < 4.78 is 105. The molecule has 44 heavy (non-hydrogen) atoms. The molecule has 0 bridgehead atoms. The molecule has 12 nitrogen and oxygen atoms in total. The highest BCUT2D eigenvalue weighted by molar-refractivity contribution is 7.86. The summed E-state index contributed by atoms with van der Waals surface area (Å²) in [4.78, 5) is 0. The zero-order valence-electron chi connectivity index (χ0n) is 25.4. The van der Waals surface area contributed by atoms with Gasteiger partial charge < -0.3 is 26.8 Å². The molecular formula is C29H34O12S3. The second-order valence-corrected chi connectivity index (χ2v) is 14.7. The van der Waals surface area contributed by atoms with Gasteiger partial charge in [0.2, 0.25) is 0 Å². The van der Waals surface area contributed by atoms with E-state index in [2.05, 4.69) is 0 Å². The SMILES string of the molecule is COc1cc(-c2ccc(OS(C)(=O)=O)cc2)c(OC)c(OS(C)(=O)=O)c1-c1ccc(OCC(C)=C(C)C)c(OS(C)(=O)=O)c1. The highest BCUT2D eigenvalue weighted by Crippen LogP contribution is 2.51. The van der Waals surface area contributed by atoms with E-state index in [0.29, 0.717) is 11.1 Å². The molecule has 0 aliphatic rings. The fourth-order valence-electron chi connectivity index (χ4n) is 3.91. The van der Waals surface area contributed by atoms with Crippen molar-refractivity contribution in [3.63, 3.8) is 0 Å². The molecule has 0 saturated heterocycles. The van der Waals surface area contributed by atoms with E-state index in [1.54, 1.807) is 24.3 Å². The number of allylic oxidation sites excluding steroid dienone is 1. The lowest BCUT2D eigenvalue weighted by Crippen LogP contribution is -2.10. The summed E-state index contributed by atoms with van der Waals surface area (Å²) in [7, 11) is -9.24. The molecule has 0 heterocycles. The van der Waals surface area contributed by atoms with E-state index in [0.717, 1.165) is 29.9 Å². The lowest BCUT2D eigenvalue weighted by molar-refractivity contribution is 0.337. The van der Waals surface area contributed by atoms with E-state index in [9.17, 15) is 25.3 Å². The molecule has 3 aromatic rings. The molecule has 0 N–H and O–H groups in total. The van der Waals surface area contributed by atoms with Crippen LogP contribution in [0.1, 0.15) is 20.8 Å². The number of rotatable bonds is 13. The molecule has 0 aliphatic heterocycles. The van der Waals surface area contributed by atoms with Gasteiger partial charge >= 0.3 is 30.4 Å². The van der Waals surface area contributed by atoms with Crippen LogP contribution < -0.4 is 26.8 Å². The van der Waals surface area contributed by atoms with Crippen LogP contribution in [0.15, 0.2) is 59.7 Å². The predicted octanol–water partition coefficient (Wildman–Crippen LogP) is 4.79. The molecule has 3 aromatic carbocycles. The maximum atomic E-state index is 12.5. The Bertz CT molecular complexity index is 1890. The smallest absolute Gasteiger partial charge is 0.306 e. The van der Waals surface area contributed by atoms with Crippen LogP contribution in [0.5, 0.6) is 34.5 Å². The second kappa shape index (κ2) is 13.4. The number of benzene rings is 3. The molecule has 0 amide bonds. The van der Waals surface area contributed by atoms with Crippen LogP contribution in [0.2, 0.25) is 0 Å². The summed E-state index contributed by atoms with van der Waals surface area (Å²) in [6.07, 6.45) is 2.65. The van der Waals surface area contributed by atoms with E-state index < -0.39 is 30.4 Å². The van der Waals surface area contributed by atoms with Crippen LogP contribution in [0.3, 0.4) is 0 Å². The minimum absolute atomic E-state index is 0.00639. The summed E-state index contributed by atoms with van der Waals surface area (Å²) in [6, 6.07) is 11.9. The Kier molecular flexibility index (Phi) is 10.5. The third kappa shape index (κ3) is 9.27. The molecule has 0 aliphatic carbocycles. The van der Waals surface area contributed by atoms with Crippen molar-refractivity contribution < 1.29 is 52.0 Å². The Morgan fingerprint density at radius 2 is 1.18 bits per heavy atom. The van der Waals surface area contributed by atoms with Crippen molar-refractivity contribution in [2.45, 2.75) is 20.8 Å². The maximum absolute atomic E-state index is 12.5. The predicted molar refractivity (Wildman–Crippen MR) is 166 cm³/mol. The average molecular weight is 671 g/mol. The zero-order valence-corrected chi connectivity index (χ0v) is 27.9. The van der Waals surface area contributed by atoms with Crippen LogP contribution in [0.25, 0.3) is 22.3 Å². The van der Waals surface area contributed by atoms with Crippen molar-refractivity contribution in [2.24, 2.45) is 0 Å². The molecule has 0 radical (unpaired) electrons. The number of methoxy groups -OCH3 is 2. The van der Waals surface area contributed by atoms with Gasteiger partial charge in [-0.25, -0.2) is 0 Å². The maximum Gasteiger partial charge on any atom is 0.306 e. The van der Waals surface area contributed by atoms with Crippen molar-refractivity contribution in [1.29, 1.82) is 0 Å². The average Bonchev–Trinajstić information content (AvgIpc) is 2.89. The Hall–Kier alpha value is -3.95. The first-order chi connectivity index (χ1) is 20.3. The molecule has 3 rings (SSSR count). The number of ether oxygens (including phenoxy) is 3. The van der Waals surface area contributed by atoms with E-state index in [1.165, 1.54) is 38.5 Å². The first kappa shape index (κ1) is 34.5. The second-order valence-electron chi connectivity index (χ2n) is 9.98. The van der Waals surface area contributed by atoms with Gasteiger partial charge in [-0.3, -0.25) is 0 Å². The first-order valence-corrected chi connectivity index (χ1v) is 18.2. The van der Waals surface area contributed by atoms with E-state index in [-0.39, 0.29) is 52.2 Å². The van der Waals surface area contributed by atoms with Gasteiger partial charge in [0.15, 0.2) is 23.0 Å². The molecular weight excluding hydrogens is 637 g/mol. The first-order valence-electron chi connectivity index (χ1n) is 12.8. The van der Waals surface area contributed by atoms with Gasteiger partial charge in [-0.05, 0) is 67.8 Å². The van der Waals surface area contributed by atoms with Crippen molar-refractivity contribution >= 4 is 30.4 Å². The van der Waals surface area contributed by atoms with E-state index >= 15 is 0 Å². The normalized spacial score (nSPS) is 11.8. The van der Waals surface area contributed by atoms with Gasteiger partial charge in [0, 0.05) is 5.56 Å². The fourth-order valence-corrected chi connectivity index (χ4v) is 5.28. The van der Waals surface area contributed by atoms with Crippen LogP contribution in [0.4, 0.5) is 0 Å². The topological polar surface area (TPSA) is 158 Å². The van der Waals surface area contributed by atoms with Gasteiger partial charge in [-0.15, -0.1) is 0 Å². The molecule has 15 heteroatoms. The van der Waals surface area contributed by atoms with Gasteiger partial charge in [0.1, 0.15) is 18.1 Å². The summed E-state index contributed by atoms with van der Waals surface area (Å²) in [5, 5.41) is 0. The standard InChI is InChI=1S/C29H34O12S3/c1-18(2)19(3)17-38-24-14-11-21(15-25(24)40-43(7,32)33)27-26(36-4)16-23(28(37-5)29(27)41-44(8,34)35)20-9-12-22(13-10-20)39-42(6,30)31/h9-16H,17H2,1-8H3. The van der Waals surface area contributed by atoms with Gasteiger partial charge in [-0.2, -0.15) is 25.3 Å². The third-order valence-electron chi connectivity index (χ3n) is 6.04. The number of hydrogen-bond donors (Lipinski definition) is 0. The lowest BCUT2D eigenvalue weighted by atomic mass is 9.96. The molecule has 0 unspecified atom stereocenters. The monoisotopic (exact) mass is 670 g/mol. The third-order valence-corrected chi connectivity index (χ3v) is 7.49. The minimum Gasteiger partial charge on any atom is -0.496 e. The highest BCUT2D eigenvalue weighted by Gasteiger charge is 2.27. The van der Waals surface area contributed by atoms with E-state index in [4.69, 9.17) is 26.8 Å².